The predicted molar refractivity (Wildman–Crippen MR) is 112 cm³/mol. The number of hydrogen-bond acceptors (Lipinski definition) is 5. The molecular weight excluding hydrogens is 368 g/mol. The van der Waals surface area contributed by atoms with E-state index in [9.17, 15) is 9.59 Å². The van der Waals surface area contributed by atoms with Gasteiger partial charge in [-0.2, -0.15) is 0 Å². The zero-order chi connectivity index (χ0) is 20.6. The summed E-state index contributed by atoms with van der Waals surface area (Å²) in [6.45, 7) is 4.13. The summed E-state index contributed by atoms with van der Waals surface area (Å²) in [5.41, 5.74) is 7.57. The first kappa shape index (κ1) is 20.8. The number of benzene rings is 2. The van der Waals surface area contributed by atoms with Crippen molar-refractivity contribution in [2.24, 2.45) is 5.73 Å². The van der Waals surface area contributed by atoms with Gasteiger partial charge in [0.05, 0.1) is 7.11 Å². The molecule has 1 aliphatic heterocycles. The molecule has 1 atom stereocenters. The van der Waals surface area contributed by atoms with E-state index in [2.05, 4.69) is 10.2 Å². The van der Waals surface area contributed by atoms with E-state index in [1.54, 1.807) is 31.4 Å². The maximum absolute atomic E-state index is 12.6. The van der Waals surface area contributed by atoms with Crippen LogP contribution < -0.4 is 15.8 Å². The molecule has 1 unspecified atom stereocenters. The Morgan fingerprint density at radius 3 is 2.31 bits per heavy atom. The predicted octanol–water partition coefficient (Wildman–Crippen LogP) is 1.27. The molecule has 0 aliphatic carbocycles. The van der Waals surface area contributed by atoms with Crippen LogP contribution >= 0.6 is 0 Å². The van der Waals surface area contributed by atoms with Crippen LogP contribution in [0, 0.1) is 0 Å². The average molecular weight is 396 g/mol. The van der Waals surface area contributed by atoms with Crippen molar-refractivity contribution in [2.45, 2.75) is 6.04 Å². The number of hydrogen-bond donors (Lipinski definition) is 2. The molecule has 1 fully saturated rings. The summed E-state index contributed by atoms with van der Waals surface area (Å²) in [6.07, 6.45) is 0. The van der Waals surface area contributed by atoms with E-state index in [4.69, 9.17) is 10.5 Å². The number of methoxy groups -OCH3 is 1. The van der Waals surface area contributed by atoms with Gasteiger partial charge in [-0.15, -0.1) is 0 Å². The number of amides is 2. The van der Waals surface area contributed by atoms with Crippen molar-refractivity contribution < 1.29 is 14.3 Å². The number of nitrogens with zero attached hydrogens (tertiary/aromatic N) is 2. The molecule has 3 N–H and O–H groups in total. The molecule has 2 aromatic carbocycles. The maximum atomic E-state index is 12.6. The summed E-state index contributed by atoms with van der Waals surface area (Å²) in [5.74, 6) is 0.583. The van der Waals surface area contributed by atoms with Gasteiger partial charge in [-0.25, -0.2) is 0 Å². The number of carbonyl (C=O) groups excluding carboxylic acids is 2. The van der Waals surface area contributed by atoms with Crippen molar-refractivity contribution in [3.63, 3.8) is 0 Å². The van der Waals surface area contributed by atoms with Crippen molar-refractivity contribution in [1.29, 1.82) is 0 Å². The number of nitrogens with one attached hydrogen (secondary N) is 1. The second kappa shape index (κ2) is 10.0. The number of piperazine rings is 1. The van der Waals surface area contributed by atoms with Gasteiger partial charge in [0.1, 0.15) is 11.8 Å². The zero-order valence-corrected chi connectivity index (χ0v) is 16.7. The lowest BCUT2D eigenvalue weighted by Gasteiger charge is -2.36. The highest BCUT2D eigenvalue weighted by atomic mass is 16.5. The molecule has 3 rings (SSSR count). The van der Waals surface area contributed by atoms with Gasteiger partial charge >= 0.3 is 0 Å². The lowest BCUT2D eigenvalue weighted by atomic mass is 10.1. The third-order valence-corrected chi connectivity index (χ3v) is 5.17. The summed E-state index contributed by atoms with van der Waals surface area (Å²) < 4.78 is 5.10. The molecule has 0 bridgehead atoms. The normalized spacial score (nSPS) is 15.6. The van der Waals surface area contributed by atoms with E-state index in [-0.39, 0.29) is 11.8 Å². The van der Waals surface area contributed by atoms with Crippen LogP contribution in [-0.4, -0.2) is 68.0 Å². The summed E-state index contributed by atoms with van der Waals surface area (Å²) in [5, 5.41) is 2.94. The molecule has 1 aliphatic rings. The largest absolute Gasteiger partial charge is 0.497 e. The van der Waals surface area contributed by atoms with Crippen LogP contribution in [0.15, 0.2) is 54.6 Å². The van der Waals surface area contributed by atoms with Crippen LogP contribution in [-0.2, 0) is 4.79 Å². The van der Waals surface area contributed by atoms with Gasteiger partial charge in [0.15, 0.2) is 0 Å². The summed E-state index contributed by atoms with van der Waals surface area (Å²) >= 11 is 0. The van der Waals surface area contributed by atoms with Gasteiger partial charge in [0, 0.05) is 44.8 Å². The van der Waals surface area contributed by atoms with Crippen molar-refractivity contribution in [2.75, 3.05) is 46.4 Å². The summed E-state index contributed by atoms with van der Waals surface area (Å²) in [4.78, 5) is 28.9. The lowest BCUT2D eigenvalue weighted by molar-refractivity contribution is -0.134. The highest BCUT2D eigenvalue weighted by Gasteiger charge is 2.26. The molecule has 7 heteroatoms. The number of nitrogens with two attached hydrogens (primary N) is 1. The molecule has 2 aromatic rings. The lowest BCUT2D eigenvalue weighted by Crippen LogP contribution is -2.52. The molecule has 1 saturated heterocycles. The molecule has 0 aromatic heterocycles. The molecule has 29 heavy (non-hydrogen) atoms. The second-order valence-electron chi connectivity index (χ2n) is 7.04. The number of ether oxygens (including phenoxy) is 1. The summed E-state index contributed by atoms with van der Waals surface area (Å²) in [6, 6.07) is 15.9. The molecule has 0 radical (unpaired) electrons. The minimum atomic E-state index is -0.619. The third-order valence-electron chi connectivity index (χ3n) is 5.17. The first-order valence-corrected chi connectivity index (χ1v) is 9.82. The number of rotatable bonds is 7. The Bertz CT molecular complexity index is 803. The first-order valence-electron chi connectivity index (χ1n) is 9.82. The van der Waals surface area contributed by atoms with Gasteiger partial charge in [0.2, 0.25) is 5.91 Å². The number of carbonyl (C=O) groups is 2. The van der Waals surface area contributed by atoms with Crippen LogP contribution in [0.4, 0.5) is 0 Å². The van der Waals surface area contributed by atoms with Crippen molar-refractivity contribution in [1.82, 2.24) is 15.1 Å². The smallest absolute Gasteiger partial charge is 0.251 e. The third kappa shape index (κ3) is 5.56. The fraction of sp³-hybridized carbons (Fsp3) is 0.364. The Hall–Kier alpha value is -2.90. The van der Waals surface area contributed by atoms with E-state index in [1.807, 2.05) is 35.2 Å². The molecule has 0 spiro atoms. The van der Waals surface area contributed by atoms with E-state index in [1.165, 1.54) is 0 Å². The quantitative estimate of drug-likeness (QED) is 0.736. The van der Waals surface area contributed by atoms with Gasteiger partial charge in [-0.3, -0.25) is 14.5 Å². The highest BCUT2D eigenvalue weighted by molar-refractivity contribution is 5.94. The van der Waals surface area contributed by atoms with Gasteiger partial charge < -0.3 is 20.7 Å². The standard InChI is InChI=1S/C22H28N4O3/c1-29-19-9-7-18(8-10-19)21(27)24-11-12-25-13-15-26(16-14-25)22(28)20(23)17-5-3-2-4-6-17/h2-10,20H,11-16,23H2,1H3,(H,24,27). The van der Waals surface area contributed by atoms with Crippen LogP contribution in [0.1, 0.15) is 22.0 Å². The Balaban J connectivity index is 1.39. The van der Waals surface area contributed by atoms with Gasteiger partial charge in [-0.05, 0) is 29.8 Å². The molecule has 2 amide bonds. The monoisotopic (exact) mass is 396 g/mol. The Morgan fingerprint density at radius 1 is 1.03 bits per heavy atom. The molecule has 7 nitrogen and oxygen atoms in total. The highest BCUT2D eigenvalue weighted by Crippen LogP contribution is 2.14. The van der Waals surface area contributed by atoms with E-state index < -0.39 is 6.04 Å². The van der Waals surface area contributed by atoms with Gasteiger partial charge in [-0.1, -0.05) is 30.3 Å². The van der Waals surface area contributed by atoms with Crippen LogP contribution in [0.25, 0.3) is 0 Å². The van der Waals surface area contributed by atoms with E-state index in [0.29, 0.717) is 25.2 Å². The maximum Gasteiger partial charge on any atom is 0.251 e. The van der Waals surface area contributed by atoms with Crippen LogP contribution in [0.5, 0.6) is 5.75 Å². The molecule has 0 saturated carbocycles. The van der Waals surface area contributed by atoms with Crippen LogP contribution in [0.2, 0.25) is 0 Å². The fourth-order valence-electron chi connectivity index (χ4n) is 3.36. The molecule has 154 valence electrons. The Morgan fingerprint density at radius 2 is 1.69 bits per heavy atom. The topological polar surface area (TPSA) is 87.9 Å². The van der Waals surface area contributed by atoms with Gasteiger partial charge in [0.25, 0.3) is 5.91 Å². The minimum Gasteiger partial charge on any atom is -0.497 e. The fourth-order valence-corrected chi connectivity index (χ4v) is 3.36. The SMILES string of the molecule is COc1ccc(C(=O)NCCN2CCN(C(=O)C(N)c3ccccc3)CC2)cc1. The van der Waals surface area contributed by atoms with Crippen molar-refractivity contribution >= 4 is 11.8 Å². The zero-order valence-electron chi connectivity index (χ0n) is 16.7. The van der Waals surface area contributed by atoms with E-state index >= 15 is 0 Å². The first-order chi connectivity index (χ1) is 14.1. The van der Waals surface area contributed by atoms with Crippen molar-refractivity contribution in [3.05, 3.63) is 65.7 Å². The van der Waals surface area contributed by atoms with E-state index in [0.717, 1.165) is 30.9 Å². The Kier molecular flexibility index (Phi) is 7.21. The second-order valence-corrected chi connectivity index (χ2v) is 7.04. The minimum absolute atomic E-state index is 0.0383. The van der Waals surface area contributed by atoms with Crippen molar-refractivity contribution in [3.8, 4) is 5.75 Å². The van der Waals surface area contributed by atoms with Crippen LogP contribution in [0.3, 0.4) is 0 Å². The molecular formula is C22H28N4O3. The average Bonchev–Trinajstić information content (AvgIpc) is 2.79. The Labute approximate surface area is 171 Å². The molecule has 1 heterocycles. The summed E-state index contributed by atoms with van der Waals surface area (Å²) in [7, 11) is 1.59.